The third kappa shape index (κ3) is 2.96. The summed E-state index contributed by atoms with van der Waals surface area (Å²) in [4.78, 5) is 15.2. The van der Waals surface area contributed by atoms with E-state index < -0.39 is 6.10 Å². The van der Waals surface area contributed by atoms with Gasteiger partial charge in [-0.05, 0) is 18.1 Å². The van der Waals surface area contributed by atoms with Crippen LogP contribution >= 0.6 is 0 Å². The monoisotopic (exact) mass is 260 g/mol. The summed E-state index contributed by atoms with van der Waals surface area (Å²) in [5, 5.41) is 13.7. The Morgan fingerprint density at radius 1 is 1.42 bits per heavy atom. The third-order valence-electron chi connectivity index (χ3n) is 3.60. The van der Waals surface area contributed by atoms with Crippen LogP contribution in [0.1, 0.15) is 30.6 Å². The van der Waals surface area contributed by atoms with Crippen LogP contribution in [-0.2, 0) is 0 Å². The van der Waals surface area contributed by atoms with E-state index in [0.29, 0.717) is 5.56 Å². The minimum atomic E-state index is -0.503. The summed E-state index contributed by atoms with van der Waals surface area (Å²) >= 11 is 0. The van der Waals surface area contributed by atoms with Gasteiger partial charge in [-0.25, -0.2) is 0 Å². The summed E-state index contributed by atoms with van der Waals surface area (Å²) in [6.45, 7) is 4.28. The minimum absolute atomic E-state index is 0.157. The summed E-state index contributed by atoms with van der Waals surface area (Å²) in [6.07, 6.45) is 2.20. The SMILES string of the molecule is CC[C@@H](C)[C@H](O)CNC(=O)c1cccc2cc[nH]c12. The number of nitrogens with one attached hydrogen (secondary N) is 2. The zero-order valence-corrected chi connectivity index (χ0v) is 11.3. The Labute approximate surface area is 112 Å². The van der Waals surface area contributed by atoms with Crippen LogP contribution in [0.4, 0.5) is 0 Å². The van der Waals surface area contributed by atoms with Crippen LogP contribution < -0.4 is 5.32 Å². The van der Waals surface area contributed by atoms with Crippen LogP contribution in [0.25, 0.3) is 10.9 Å². The number of aromatic amines is 1. The number of benzene rings is 1. The van der Waals surface area contributed by atoms with Gasteiger partial charge in [0.25, 0.3) is 5.91 Å². The molecule has 0 saturated carbocycles. The molecule has 1 heterocycles. The van der Waals surface area contributed by atoms with Gasteiger partial charge in [0, 0.05) is 18.1 Å². The van der Waals surface area contributed by atoms with Gasteiger partial charge in [0.05, 0.1) is 17.2 Å². The van der Waals surface area contributed by atoms with Crippen molar-refractivity contribution < 1.29 is 9.90 Å². The van der Waals surface area contributed by atoms with Crippen LogP contribution in [0.5, 0.6) is 0 Å². The summed E-state index contributed by atoms with van der Waals surface area (Å²) < 4.78 is 0. The van der Waals surface area contributed by atoms with Crippen LogP contribution in [0.3, 0.4) is 0 Å². The Morgan fingerprint density at radius 2 is 2.21 bits per heavy atom. The van der Waals surface area contributed by atoms with Gasteiger partial charge in [0.15, 0.2) is 0 Å². The molecule has 0 bridgehead atoms. The van der Waals surface area contributed by atoms with Gasteiger partial charge in [-0.3, -0.25) is 4.79 Å². The maximum Gasteiger partial charge on any atom is 0.253 e. The number of para-hydroxylation sites is 1. The highest BCUT2D eigenvalue weighted by Crippen LogP contribution is 2.16. The molecule has 2 rings (SSSR count). The molecule has 1 amide bonds. The maximum absolute atomic E-state index is 12.1. The first-order chi connectivity index (χ1) is 9.13. The highest BCUT2D eigenvalue weighted by atomic mass is 16.3. The lowest BCUT2D eigenvalue weighted by atomic mass is 10.0. The van der Waals surface area contributed by atoms with E-state index in [2.05, 4.69) is 10.3 Å². The van der Waals surface area contributed by atoms with E-state index in [9.17, 15) is 9.90 Å². The van der Waals surface area contributed by atoms with E-state index in [-0.39, 0.29) is 18.4 Å². The van der Waals surface area contributed by atoms with Crippen molar-refractivity contribution in [3.63, 3.8) is 0 Å². The molecular formula is C15H20N2O2. The number of rotatable bonds is 5. The van der Waals surface area contributed by atoms with Crippen LogP contribution in [-0.4, -0.2) is 28.6 Å². The lowest BCUT2D eigenvalue weighted by Crippen LogP contribution is -2.35. The second kappa shape index (κ2) is 5.89. The Balaban J connectivity index is 2.06. The van der Waals surface area contributed by atoms with Gasteiger partial charge in [-0.2, -0.15) is 0 Å². The largest absolute Gasteiger partial charge is 0.391 e. The Bertz CT molecular complexity index is 562. The highest BCUT2D eigenvalue weighted by Gasteiger charge is 2.15. The number of aliphatic hydroxyl groups excluding tert-OH is 1. The molecule has 2 atom stereocenters. The molecule has 4 heteroatoms. The number of hydrogen-bond acceptors (Lipinski definition) is 2. The van der Waals surface area contributed by atoms with Crippen LogP contribution in [0.2, 0.25) is 0 Å². The summed E-state index contributed by atoms with van der Waals surface area (Å²) in [6, 6.07) is 7.52. The first kappa shape index (κ1) is 13.6. The van der Waals surface area contributed by atoms with Gasteiger partial charge in [-0.15, -0.1) is 0 Å². The fraction of sp³-hybridized carbons (Fsp3) is 0.400. The summed E-state index contributed by atoms with van der Waals surface area (Å²) in [5.41, 5.74) is 1.44. The van der Waals surface area contributed by atoms with Crippen molar-refractivity contribution in [2.75, 3.05) is 6.54 Å². The molecule has 3 N–H and O–H groups in total. The van der Waals surface area contributed by atoms with Crippen molar-refractivity contribution in [3.8, 4) is 0 Å². The minimum Gasteiger partial charge on any atom is -0.391 e. The van der Waals surface area contributed by atoms with Gasteiger partial charge in [-0.1, -0.05) is 32.4 Å². The summed E-state index contributed by atoms with van der Waals surface area (Å²) in [5.74, 6) is 0.0250. The lowest BCUT2D eigenvalue weighted by molar-refractivity contribution is 0.0851. The zero-order valence-electron chi connectivity index (χ0n) is 11.3. The standard InChI is InChI=1S/C15H20N2O2/c1-3-10(2)13(18)9-17-15(19)12-6-4-5-11-7-8-16-14(11)12/h4-8,10,13,16,18H,3,9H2,1-2H3,(H,17,19)/t10-,13-/m1/s1. The molecule has 2 aromatic rings. The molecular weight excluding hydrogens is 240 g/mol. The van der Waals surface area contributed by atoms with E-state index in [1.807, 2.05) is 38.2 Å². The lowest BCUT2D eigenvalue weighted by Gasteiger charge is -2.17. The van der Waals surface area contributed by atoms with Gasteiger partial charge in [0.1, 0.15) is 0 Å². The average molecular weight is 260 g/mol. The molecule has 0 radical (unpaired) electrons. The molecule has 0 aliphatic rings. The second-order valence-electron chi connectivity index (χ2n) is 4.91. The Hall–Kier alpha value is -1.81. The molecule has 4 nitrogen and oxygen atoms in total. The topological polar surface area (TPSA) is 65.1 Å². The molecule has 0 fully saturated rings. The number of amides is 1. The number of hydrogen-bond donors (Lipinski definition) is 3. The van der Waals surface area contributed by atoms with Gasteiger partial charge in [0.2, 0.25) is 0 Å². The van der Waals surface area contributed by atoms with E-state index >= 15 is 0 Å². The zero-order chi connectivity index (χ0) is 13.8. The number of aliphatic hydroxyl groups is 1. The number of carbonyl (C=O) groups excluding carboxylic acids is 1. The molecule has 19 heavy (non-hydrogen) atoms. The number of carbonyl (C=O) groups is 1. The van der Waals surface area contributed by atoms with Crippen molar-refractivity contribution in [1.29, 1.82) is 0 Å². The number of aromatic nitrogens is 1. The van der Waals surface area contributed by atoms with Gasteiger partial charge < -0.3 is 15.4 Å². The second-order valence-corrected chi connectivity index (χ2v) is 4.91. The molecule has 0 aliphatic carbocycles. The number of H-pyrrole nitrogens is 1. The Morgan fingerprint density at radius 3 is 2.95 bits per heavy atom. The predicted molar refractivity (Wildman–Crippen MR) is 76.1 cm³/mol. The quantitative estimate of drug-likeness (QED) is 0.772. The van der Waals surface area contributed by atoms with Crippen LogP contribution in [0, 0.1) is 5.92 Å². The fourth-order valence-electron chi connectivity index (χ4n) is 2.04. The third-order valence-corrected chi connectivity index (χ3v) is 3.60. The molecule has 0 unspecified atom stereocenters. The van der Waals surface area contributed by atoms with Crippen LogP contribution in [0.15, 0.2) is 30.5 Å². The maximum atomic E-state index is 12.1. The smallest absolute Gasteiger partial charge is 0.253 e. The number of fused-ring (bicyclic) bond motifs is 1. The van der Waals surface area contributed by atoms with E-state index in [1.165, 1.54) is 0 Å². The van der Waals surface area contributed by atoms with Crippen molar-refractivity contribution in [1.82, 2.24) is 10.3 Å². The highest BCUT2D eigenvalue weighted by molar-refractivity contribution is 6.05. The first-order valence-corrected chi connectivity index (χ1v) is 6.65. The molecule has 0 spiro atoms. The van der Waals surface area contributed by atoms with Crippen molar-refractivity contribution in [2.45, 2.75) is 26.4 Å². The molecule has 1 aromatic carbocycles. The van der Waals surface area contributed by atoms with Crippen molar-refractivity contribution in [2.24, 2.45) is 5.92 Å². The Kier molecular flexibility index (Phi) is 4.22. The average Bonchev–Trinajstić information content (AvgIpc) is 2.91. The molecule has 102 valence electrons. The first-order valence-electron chi connectivity index (χ1n) is 6.65. The van der Waals surface area contributed by atoms with Crippen molar-refractivity contribution in [3.05, 3.63) is 36.0 Å². The summed E-state index contributed by atoms with van der Waals surface area (Å²) in [7, 11) is 0. The molecule has 0 aliphatic heterocycles. The fourth-order valence-corrected chi connectivity index (χ4v) is 2.04. The van der Waals surface area contributed by atoms with E-state index in [4.69, 9.17) is 0 Å². The van der Waals surface area contributed by atoms with Crippen molar-refractivity contribution >= 4 is 16.8 Å². The molecule has 1 aromatic heterocycles. The van der Waals surface area contributed by atoms with Gasteiger partial charge >= 0.3 is 0 Å². The predicted octanol–water partition coefficient (Wildman–Crippen LogP) is 2.30. The van der Waals surface area contributed by atoms with E-state index in [1.54, 1.807) is 6.07 Å². The normalized spacial score (nSPS) is 14.3. The van der Waals surface area contributed by atoms with E-state index in [0.717, 1.165) is 17.3 Å². The molecule has 0 saturated heterocycles.